The lowest BCUT2D eigenvalue weighted by atomic mass is 9.91. The number of nitrogens with zero attached hydrogens (tertiary/aromatic N) is 3. The Bertz CT molecular complexity index is 971. The molecule has 0 saturated carbocycles. The number of rotatable bonds is 5. The number of primary amides is 1. The Labute approximate surface area is 166 Å². The lowest BCUT2D eigenvalue weighted by Gasteiger charge is -2.31. The van der Waals surface area contributed by atoms with Crippen LogP contribution in [0.1, 0.15) is 40.2 Å². The van der Waals surface area contributed by atoms with Crippen molar-refractivity contribution in [3.05, 3.63) is 69.3 Å². The Morgan fingerprint density at radius 2 is 1.97 bits per heavy atom. The number of para-hydroxylation sites is 1. The van der Waals surface area contributed by atoms with E-state index in [1.807, 2.05) is 12.1 Å². The average Bonchev–Trinajstić information content (AvgIpc) is 2.72. The number of carbonyl (C=O) groups excluding carboxylic acids is 1. The summed E-state index contributed by atoms with van der Waals surface area (Å²) in [6, 6.07) is 11.6. The van der Waals surface area contributed by atoms with Gasteiger partial charge in [0.05, 0.1) is 16.2 Å². The Kier molecular flexibility index (Phi) is 5.87. The highest BCUT2D eigenvalue weighted by Gasteiger charge is 2.24. The van der Waals surface area contributed by atoms with Crippen molar-refractivity contribution in [2.45, 2.75) is 18.8 Å². The quantitative estimate of drug-likeness (QED) is 0.453. The van der Waals surface area contributed by atoms with E-state index in [4.69, 9.17) is 5.73 Å². The second-order valence-corrected chi connectivity index (χ2v) is 6.78. The molecule has 1 aliphatic heterocycles. The monoisotopic (exact) mass is 396 g/mol. The highest BCUT2D eigenvalue weighted by molar-refractivity contribution is 6.01. The molecule has 0 unspecified atom stereocenters. The van der Waals surface area contributed by atoms with Crippen molar-refractivity contribution in [2.75, 3.05) is 13.1 Å². The summed E-state index contributed by atoms with van der Waals surface area (Å²) in [5.74, 6) is -0.745. The molecule has 1 saturated heterocycles. The lowest BCUT2D eigenvalue weighted by Crippen LogP contribution is -2.38. The molecule has 29 heavy (non-hydrogen) atoms. The third-order valence-corrected chi connectivity index (χ3v) is 4.92. The van der Waals surface area contributed by atoms with Crippen LogP contribution in [0.4, 0.5) is 16.2 Å². The predicted octanol–water partition coefficient (Wildman–Crippen LogP) is 3.30. The van der Waals surface area contributed by atoms with Gasteiger partial charge >= 0.3 is 6.09 Å². The van der Waals surface area contributed by atoms with Crippen LogP contribution in [0.25, 0.3) is 0 Å². The Morgan fingerprint density at radius 1 is 1.24 bits per heavy atom. The third-order valence-electron chi connectivity index (χ3n) is 4.92. The zero-order chi connectivity index (χ0) is 21.0. The Balaban J connectivity index is 1.79. The molecule has 2 aromatic rings. The van der Waals surface area contributed by atoms with E-state index in [0.717, 1.165) is 18.4 Å². The van der Waals surface area contributed by atoms with E-state index >= 15 is 0 Å². The zero-order valence-corrected chi connectivity index (χ0v) is 15.5. The number of carbonyl (C=O) groups is 2. The molecule has 1 fully saturated rings. The van der Waals surface area contributed by atoms with Crippen LogP contribution < -0.4 is 5.73 Å². The average molecular weight is 396 g/mol. The van der Waals surface area contributed by atoms with Gasteiger partial charge in [-0.3, -0.25) is 19.9 Å². The van der Waals surface area contributed by atoms with Crippen LogP contribution in [-0.4, -0.2) is 46.2 Å². The number of hydrogen-bond acceptors (Lipinski definition) is 5. The molecule has 1 aliphatic rings. The van der Waals surface area contributed by atoms with Crippen molar-refractivity contribution < 1.29 is 19.6 Å². The first-order chi connectivity index (χ1) is 13.9. The number of benzene rings is 2. The molecule has 0 aromatic heterocycles. The number of nitro benzene ring substituents is 1. The van der Waals surface area contributed by atoms with E-state index in [-0.39, 0.29) is 22.7 Å². The molecule has 150 valence electrons. The zero-order valence-electron chi connectivity index (χ0n) is 15.5. The van der Waals surface area contributed by atoms with Crippen LogP contribution in [0.3, 0.4) is 0 Å². The van der Waals surface area contributed by atoms with Gasteiger partial charge in [-0.15, -0.1) is 0 Å². The maximum absolute atomic E-state index is 11.4. The number of amides is 2. The van der Waals surface area contributed by atoms with Gasteiger partial charge in [0.2, 0.25) is 0 Å². The summed E-state index contributed by atoms with van der Waals surface area (Å²) in [6.07, 6.45) is 2.15. The van der Waals surface area contributed by atoms with Crippen molar-refractivity contribution in [1.82, 2.24) is 4.90 Å². The van der Waals surface area contributed by atoms with Crippen LogP contribution >= 0.6 is 0 Å². The first-order valence-electron chi connectivity index (χ1n) is 9.06. The van der Waals surface area contributed by atoms with Gasteiger partial charge in [0.15, 0.2) is 0 Å². The smallest absolute Gasteiger partial charge is 0.407 e. The summed E-state index contributed by atoms with van der Waals surface area (Å²) in [5.41, 5.74) is 6.45. The van der Waals surface area contributed by atoms with Gasteiger partial charge in [-0.2, -0.15) is 0 Å². The second-order valence-electron chi connectivity index (χ2n) is 6.78. The molecule has 0 aliphatic carbocycles. The fraction of sp³-hybridized carbons (Fsp3) is 0.250. The standard InChI is InChI=1S/C20H20N4O5/c21-19(25)17-5-1-3-14(18(17)24(28)29)11-22-16-8-6-13(7-9-16)15-4-2-10-23(12-15)20(26)27/h1,3,5-9,11,15H,2,4,10,12H2,(H2,21,25)(H,26,27)/t15-/m1/s1. The minimum atomic E-state index is -0.907. The van der Waals surface area contributed by atoms with Crippen molar-refractivity contribution >= 4 is 29.6 Å². The molecule has 9 heteroatoms. The molecule has 9 nitrogen and oxygen atoms in total. The molecule has 1 heterocycles. The van der Waals surface area contributed by atoms with E-state index in [1.165, 1.54) is 29.3 Å². The van der Waals surface area contributed by atoms with E-state index in [0.29, 0.717) is 18.8 Å². The number of hydrogen-bond donors (Lipinski definition) is 2. The van der Waals surface area contributed by atoms with Crippen LogP contribution in [-0.2, 0) is 0 Å². The highest BCUT2D eigenvalue weighted by Crippen LogP contribution is 2.29. The Hall–Kier alpha value is -3.75. The number of carboxylic acid groups (broad SMARTS) is 1. The second kappa shape index (κ2) is 8.51. The summed E-state index contributed by atoms with van der Waals surface area (Å²) in [7, 11) is 0. The van der Waals surface area contributed by atoms with E-state index in [2.05, 4.69) is 4.99 Å². The van der Waals surface area contributed by atoms with E-state index in [1.54, 1.807) is 12.1 Å². The maximum Gasteiger partial charge on any atom is 0.407 e. The number of likely N-dealkylation sites (tertiary alicyclic amines) is 1. The third kappa shape index (κ3) is 4.57. The lowest BCUT2D eigenvalue weighted by molar-refractivity contribution is -0.385. The number of piperidine rings is 1. The molecule has 2 aromatic carbocycles. The molecule has 1 atom stereocenters. The van der Waals surface area contributed by atoms with Gasteiger partial charge < -0.3 is 15.7 Å². The maximum atomic E-state index is 11.4. The van der Waals surface area contributed by atoms with E-state index < -0.39 is 16.9 Å². The van der Waals surface area contributed by atoms with Crippen LogP contribution in [0.5, 0.6) is 0 Å². The molecule has 3 rings (SSSR count). The number of nitro groups is 1. The summed E-state index contributed by atoms with van der Waals surface area (Å²) in [6.45, 7) is 1.02. The summed E-state index contributed by atoms with van der Waals surface area (Å²) >= 11 is 0. The highest BCUT2D eigenvalue weighted by atomic mass is 16.6. The molecule has 0 radical (unpaired) electrons. The van der Waals surface area contributed by atoms with Gasteiger partial charge in [-0.1, -0.05) is 18.2 Å². The minimum absolute atomic E-state index is 0.131. The molecular formula is C20H20N4O5. The van der Waals surface area contributed by atoms with Crippen molar-refractivity contribution in [3.63, 3.8) is 0 Å². The SMILES string of the molecule is NC(=O)c1cccc(C=Nc2ccc([C@@H]3CCCN(C(=O)O)C3)cc2)c1[N+](=O)[O-]. The number of nitrogens with two attached hydrogens (primary N) is 1. The van der Waals surface area contributed by atoms with Gasteiger partial charge in [-0.05, 0) is 42.7 Å². The number of aliphatic imine (C=N–C) groups is 1. The van der Waals surface area contributed by atoms with Crippen LogP contribution in [0.15, 0.2) is 47.5 Å². The van der Waals surface area contributed by atoms with E-state index in [9.17, 15) is 24.8 Å². The summed E-state index contributed by atoms with van der Waals surface area (Å²) in [4.78, 5) is 39.0. The molecule has 2 amide bonds. The van der Waals surface area contributed by atoms with Crippen molar-refractivity contribution in [1.29, 1.82) is 0 Å². The summed E-state index contributed by atoms with van der Waals surface area (Å²) < 4.78 is 0. The predicted molar refractivity (Wildman–Crippen MR) is 107 cm³/mol. The Morgan fingerprint density at radius 3 is 2.59 bits per heavy atom. The molecule has 3 N–H and O–H groups in total. The minimum Gasteiger partial charge on any atom is -0.465 e. The fourth-order valence-corrected chi connectivity index (χ4v) is 3.47. The first kappa shape index (κ1) is 20.0. The van der Waals surface area contributed by atoms with Gasteiger partial charge in [0, 0.05) is 25.2 Å². The van der Waals surface area contributed by atoms with Gasteiger partial charge in [0.1, 0.15) is 5.56 Å². The largest absolute Gasteiger partial charge is 0.465 e. The molecular weight excluding hydrogens is 376 g/mol. The van der Waals surface area contributed by atoms with Crippen molar-refractivity contribution in [3.8, 4) is 0 Å². The van der Waals surface area contributed by atoms with Crippen LogP contribution in [0, 0.1) is 10.1 Å². The van der Waals surface area contributed by atoms with Crippen LogP contribution in [0.2, 0.25) is 0 Å². The first-order valence-corrected chi connectivity index (χ1v) is 9.06. The topological polar surface area (TPSA) is 139 Å². The van der Waals surface area contributed by atoms with Gasteiger partial charge in [0.25, 0.3) is 11.6 Å². The fourth-order valence-electron chi connectivity index (χ4n) is 3.47. The van der Waals surface area contributed by atoms with Crippen molar-refractivity contribution in [2.24, 2.45) is 10.7 Å². The molecule has 0 spiro atoms. The van der Waals surface area contributed by atoms with Gasteiger partial charge in [-0.25, -0.2) is 4.79 Å². The summed E-state index contributed by atoms with van der Waals surface area (Å²) in [5, 5.41) is 20.5. The molecule has 0 bridgehead atoms. The normalized spacial score (nSPS) is 16.7.